The van der Waals surface area contributed by atoms with Gasteiger partial charge < -0.3 is 4.90 Å². The van der Waals surface area contributed by atoms with Gasteiger partial charge in [-0.05, 0) is 55.1 Å². The van der Waals surface area contributed by atoms with Gasteiger partial charge in [-0.1, -0.05) is 72.8 Å². The molecule has 3 heterocycles. The lowest BCUT2D eigenvalue weighted by atomic mass is 9.70. The number of hydrogen-bond donors (Lipinski definition) is 0. The molecule has 2 atom stereocenters. The Bertz CT molecular complexity index is 1020. The molecule has 2 nitrogen and oxygen atoms in total. The second kappa shape index (κ2) is 8.86. The molecule has 3 aromatic carbocycles. The molecule has 0 spiro atoms. The fraction of sp³-hybridized carbons (Fsp3) is 0.357. The van der Waals surface area contributed by atoms with E-state index < -0.39 is 11.7 Å². The van der Waals surface area contributed by atoms with Gasteiger partial charge in [-0.2, -0.15) is 13.2 Å². The van der Waals surface area contributed by atoms with E-state index in [1.165, 1.54) is 23.3 Å². The standard InChI is InChI=1S/C28H29F3N2/c1-32(24-15-9-8-14-23(24)28(29,30)31)26-22-16-18-33(19-17-22)27(26)25(20-10-4-2-5-11-20)21-12-6-3-7-13-21/h2-15,22,25-27H,16-19H2,1H3/t26-,27-/m1/s1. The highest BCUT2D eigenvalue weighted by Crippen LogP contribution is 2.46. The predicted octanol–water partition coefficient (Wildman–Crippen LogP) is 6.44. The van der Waals surface area contributed by atoms with Gasteiger partial charge in [0.15, 0.2) is 0 Å². The number of likely N-dealkylation sites (N-methyl/N-ethyl adjacent to an activating group) is 1. The summed E-state index contributed by atoms with van der Waals surface area (Å²) >= 11 is 0. The Hall–Kier alpha value is -2.79. The van der Waals surface area contributed by atoms with Crippen LogP contribution in [0, 0.1) is 5.92 Å². The molecule has 3 saturated heterocycles. The molecule has 0 radical (unpaired) electrons. The Morgan fingerprint density at radius 3 is 1.85 bits per heavy atom. The summed E-state index contributed by atoms with van der Waals surface area (Å²) < 4.78 is 41.7. The number of anilines is 1. The first-order valence-electron chi connectivity index (χ1n) is 11.7. The molecule has 0 amide bonds. The second-order valence-electron chi connectivity index (χ2n) is 9.28. The van der Waals surface area contributed by atoms with Crippen molar-refractivity contribution in [1.82, 2.24) is 4.90 Å². The molecule has 172 valence electrons. The number of piperidine rings is 3. The number of benzene rings is 3. The molecule has 5 heteroatoms. The van der Waals surface area contributed by atoms with Gasteiger partial charge in [-0.15, -0.1) is 0 Å². The normalized spacial score (nSPS) is 24.8. The zero-order valence-corrected chi connectivity index (χ0v) is 18.7. The lowest BCUT2D eigenvalue weighted by molar-refractivity contribution is -0.137. The Balaban J connectivity index is 1.62. The molecule has 6 rings (SSSR count). The van der Waals surface area contributed by atoms with Crippen molar-refractivity contribution in [2.24, 2.45) is 5.92 Å². The van der Waals surface area contributed by atoms with Gasteiger partial charge in [0.25, 0.3) is 0 Å². The third kappa shape index (κ3) is 4.15. The lowest BCUT2D eigenvalue weighted by Crippen LogP contribution is -2.65. The summed E-state index contributed by atoms with van der Waals surface area (Å²) in [7, 11) is 1.86. The quantitative estimate of drug-likeness (QED) is 0.442. The molecule has 0 aromatic heterocycles. The molecule has 0 aliphatic carbocycles. The van der Waals surface area contributed by atoms with Crippen molar-refractivity contribution in [3.05, 3.63) is 102 Å². The largest absolute Gasteiger partial charge is 0.418 e. The van der Waals surface area contributed by atoms with Crippen molar-refractivity contribution in [2.45, 2.75) is 37.0 Å². The molecule has 0 saturated carbocycles. The highest BCUT2D eigenvalue weighted by molar-refractivity contribution is 5.56. The van der Waals surface area contributed by atoms with Gasteiger partial charge in [0.2, 0.25) is 0 Å². The molecule has 3 aliphatic heterocycles. The predicted molar refractivity (Wildman–Crippen MR) is 126 cm³/mol. The van der Waals surface area contributed by atoms with Crippen molar-refractivity contribution in [3.63, 3.8) is 0 Å². The summed E-state index contributed by atoms with van der Waals surface area (Å²) in [6, 6.07) is 27.0. The third-order valence-corrected chi connectivity index (χ3v) is 7.52. The number of rotatable bonds is 5. The van der Waals surface area contributed by atoms with Crippen LogP contribution >= 0.6 is 0 Å². The van der Waals surface area contributed by atoms with Gasteiger partial charge >= 0.3 is 6.18 Å². The van der Waals surface area contributed by atoms with Crippen molar-refractivity contribution < 1.29 is 13.2 Å². The number of nitrogens with zero attached hydrogens (tertiary/aromatic N) is 2. The summed E-state index contributed by atoms with van der Waals surface area (Å²) in [6.45, 7) is 1.99. The van der Waals surface area contributed by atoms with Crippen LogP contribution in [0.4, 0.5) is 18.9 Å². The van der Waals surface area contributed by atoms with E-state index in [4.69, 9.17) is 0 Å². The molecular formula is C28H29F3N2. The molecule has 33 heavy (non-hydrogen) atoms. The second-order valence-corrected chi connectivity index (χ2v) is 9.28. The maximum absolute atomic E-state index is 13.9. The number of para-hydroxylation sites is 1. The smallest absolute Gasteiger partial charge is 0.369 e. The molecule has 3 fully saturated rings. The van der Waals surface area contributed by atoms with Crippen molar-refractivity contribution >= 4 is 5.69 Å². The first-order chi connectivity index (χ1) is 15.9. The maximum atomic E-state index is 13.9. The van der Waals surface area contributed by atoms with Gasteiger partial charge in [0.05, 0.1) is 5.56 Å². The van der Waals surface area contributed by atoms with Crippen LogP contribution in [-0.2, 0) is 6.18 Å². The van der Waals surface area contributed by atoms with E-state index >= 15 is 0 Å². The first kappa shape index (κ1) is 22.0. The van der Waals surface area contributed by atoms with E-state index in [9.17, 15) is 13.2 Å². The average Bonchev–Trinajstić information content (AvgIpc) is 2.85. The van der Waals surface area contributed by atoms with Gasteiger partial charge in [0.1, 0.15) is 0 Å². The number of halogens is 3. The summed E-state index contributed by atoms with van der Waals surface area (Å²) in [5.74, 6) is 0.446. The summed E-state index contributed by atoms with van der Waals surface area (Å²) in [5.41, 5.74) is 2.14. The Labute approximate surface area is 193 Å². The average molecular weight is 451 g/mol. The van der Waals surface area contributed by atoms with E-state index in [1.807, 2.05) is 24.1 Å². The van der Waals surface area contributed by atoms with Crippen LogP contribution in [0.1, 0.15) is 35.4 Å². The number of alkyl halides is 3. The minimum Gasteiger partial charge on any atom is -0.369 e. The van der Waals surface area contributed by atoms with Crippen LogP contribution in [0.2, 0.25) is 0 Å². The maximum Gasteiger partial charge on any atom is 0.418 e. The first-order valence-corrected chi connectivity index (χ1v) is 11.7. The Morgan fingerprint density at radius 1 is 0.788 bits per heavy atom. The molecule has 0 N–H and O–H groups in total. The van der Waals surface area contributed by atoms with Crippen molar-refractivity contribution in [3.8, 4) is 0 Å². The van der Waals surface area contributed by atoms with E-state index in [2.05, 4.69) is 53.4 Å². The third-order valence-electron chi connectivity index (χ3n) is 7.52. The van der Waals surface area contributed by atoms with Crippen LogP contribution in [-0.4, -0.2) is 37.1 Å². The van der Waals surface area contributed by atoms with Crippen LogP contribution < -0.4 is 4.90 Å². The van der Waals surface area contributed by atoms with Gasteiger partial charge in [-0.25, -0.2) is 0 Å². The monoisotopic (exact) mass is 450 g/mol. The summed E-state index contributed by atoms with van der Waals surface area (Å²) in [6.07, 6.45) is -2.33. The Kier molecular flexibility index (Phi) is 5.92. The topological polar surface area (TPSA) is 6.48 Å². The molecule has 0 unspecified atom stereocenters. The minimum atomic E-state index is -4.38. The molecule has 2 bridgehead atoms. The zero-order chi connectivity index (χ0) is 23.0. The van der Waals surface area contributed by atoms with E-state index in [1.54, 1.807) is 12.1 Å². The van der Waals surface area contributed by atoms with E-state index in [0.717, 1.165) is 25.9 Å². The lowest BCUT2D eigenvalue weighted by Gasteiger charge is -2.57. The van der Waals surface area contributed by atoms with Crippen molar-refractivity contribution in [1.29, 1.82) is 0 Å². The van der Waals surface area contributed by atoms with Gasteiger partial charge in [0, 0.05) is 30.7 Å². The molecule has 3 aromatic rings. The molecular weight excluding hydrogens is 421 g/mol. The van der Waals surface area contributed by atoms with Crippen molar-refractivity contribution in [2.75, 3.05) is 25.0 Å². The summed E-state index contributed by atoms with van der Waals surface area (Å²) in [4.78, 5) is 4.45. The van der Waals surface area contributed by atoms with Gasteiger partial charge in [-0.3, -0.25) is 4.90 Å². The fourth-order valence-corrected chi connectivity index (χ4v) is 6.10. The van der Waals surface area contributed by atoms with Crippen LogP contribution in [0.3, 0.4) is 0 Å². The van der Waals surface area contributed by atoms with Crippen LogP contribution in [0.5, 0.6) is 0 Å². The SMILES string of the molecule is CN(c1ccccc1C(F)(F)F)[C@@H]1C2CCN(CC2)[C@@H]1C(c1ccccc1)c1ccccc1. The zero-order valence-electron chi connectivity index (χ0n) is 18.7. The highest BCUT2D eigenvalue weighted by atomic mass is 19.4. The highest BCUT2D eigenvalue weighted by Gasteiger charge is 2.49. The number of fused-ring (bicyclic) bond motifs is 3. The van der Waals surface area contributed by atoms with Crippen LogP contribution in [0.25, 0.3) is 0 Å². The fourth-order valence-electron chi connectivity index (χ4n) is 6.10. The Morgan fingerprint density at radius 2 is 1.30 bits per heavy atom. The van der Waals surface area contributed by atoms with E-state index in [-0.39, 0.29) is 23.7 Å². The summed E-state index contributed by atoms with van der Waals surface area (Å²) in [5, 5.41) is 0. The molecule has 3 aliphatic rings. The van der Waals surface area contributed by atoms with E-state index in [0.29, 0.717) is 5.92 Å². The van der Waals surface area contributed by atoms with Crippen LogP contribution in [0.15, 0.2) is 84.9 Å². The minimum absolute atomic E-state index is 0.0126. The number of hydrogen-bond acceptors (Lipinski definition) is 2.